The Morgan fingerprint density at radius 2 is 1.90 bits per heavy atom. The van der Waals surface area contributed by atoms with Crippen LogP contribution in [0.1, 0.15) is 17.0 Å². The molecule has 7 nitrogen and oxygen atoms in total. The first kappa shape index (κ1) is 14.6. The third-order valence-electron chi connectivity index (χ3n) is 3.06. The van der Waals surface area contributed by atoms with Gasteiger partial charge in [-0.05, 0) is 13.8 Å². The van der Waals surface area contributed by atoms with Crippen LogP contribution >= 0.6 is 0 Å². The van der Waals surface area contributed by atoms with Crippen LogP contribution in [0, 0.1) is 24.0 Å². The Labute approximate surface area is 120 Å². The highest BCUT2D eigenvalue weighted by Crippen LogP contribution is 2.23. The molecule has 0 aliphatic carbocycles. The zero-order chi connectivity index (χ0) is 15.6. The second-order valence-corrected chi connectivity index (χ2v) is 4.57. The van der Waals surface area contributed by atoms with Crippen LogP contribution in [0.4, 0.5) is 5.69 Å². The van der Waals surface area contributed by atoms with Gasteiger partial charge in [0.25, 0.3) is 5.69 Å². The fourth-order valence-electron chi connectivity index (χ4n) is 2.03. The van der Waals surface area contributed by atoms with Crippen molar-refractivity contribution in [1.29, 1.82) is 0 Å². The molecule has 0 aliphatic heterocycles. The zero-order valence-corrected chi connectivity index (χ0v) is 11.5. The Morgan fingerprint density at radius 3 is 2.43 bits per heavy atom. The molecule has 0 radical (unpaired) electrons. The number of rotatable bonds is 4. The van der Waals surface area contributed by atoms with Gasteiger partial charge in [0, 0.05) is 34.6 Å². The Kier molecular flexibility index (Phi) is 3.93. The van der Waals surface area contributed by atoms with E-state index in [0.29, 0.717) is 28.3 Å². The number of non-ortho nitro benzene ring substituents is 1. The van der Waals surface area contributed by atoms with Crippen LogP contribution in [0.3, 0.4) is 0 Å². The lowest BCUT2D eigenvalue weighted by Crippen LogP contribution is -2.08. The van der Waals surface area contributed by atoms with Gasteiger partial charge in [0.15, 0.2) is 5.82 Å². The van der Waals surface area contributed by atoms with Crippen LogP contribution in [0.2, 0.25) is 0 Å². The average Bonchev–Trinajstić information content (AvgIpc) is 2.42. The molecule has 0 spiro atoms. The minimum atomic E-state index is -0.951. The summed E-state index contributed by atoms with van der Waals surface area (Å²) in [5, 5.41) is 19.7. The predicted octanol–water partition coefficient (Wildman–Crippen LogP) is 2.30. The number of carboxylic acids is 1. The maximum absolute atomic E-state index is 10.8. The van der Waals surface area contributed by atoms with Crippen molar-refractivity contribution in [2.75, 3.05) is 0 Å². The number of hydrogen-bond acceptors (Lipinski definition) is 5. The third kappa shape index (κ3) is 3.19. The first-order chi connectivity index (χ1) is 9.88. The molecule has 0 aliphatic rings. The molecule has 0 amide bonds. The van der Waals surface area contributed by atoms with Gasteiger partial charge >= 0.3 is 5.97 Å². The first-order valence-electron chi connectivity index (χ1n) is 6.19. The van der Waals surface area contributed by atoms with E-state index in [2.05, 4.69) is 9.97 Å². The van der Waals surface area contributed by atoms with Gasteiger partial charge in [-0.2, -0.15) is 0 Å². The molecule has 0 unspecified atom stereocenters. The molecule has 1 N–H and O–H groups in total. The second kappa shape index (κ2) is 5.66. The highest BCUT2D eigenvalue weighted by atomic mass is 16.6. The van der Waals surface area contributed by atoms with Gasteiger partial charge in [-0.3, -0.25) is 14.9 Å². The van der Waals surface area contributed by atoms with Crippen LogP contribution in [0.25, 0.3) is 11.4 Å². The van der Waals surface area contributed by atoms with Gasteiger partial charge in [0.05, 0.1) is 11.3 Å². The normalized spacial score (nSPS) is 10.4. The number of nitro groups is 1. The number of hydrogen-bond donors (Lipinski definition) is 1. The number of nitro benzene ring substituents is 1. The summed E-state index contributed by atoms with van der Waals surface area (Å²) in [5.74, 6) is -0.601. The third-order valence-corrected chi connectivity index (χ3v) is 3.06. The standard InChI is InChI=1S/C14H13N3O4/c1-8-12(7-13(18)19)9(2)16-14(15-8)10-4-3-5-11(6-10)17(20)21/h3-6H,7H2,1-2H3,(H,18,19). The van der Waals surface area contributed by atoms with Crippen LogP contribution in [-0.4, -0.2) is 26.0 Å². The summed E-state index contributed by atoms with van der Waals surface area (Å²) in [6.45, 7) is 3.40. The Bertz CT molecular complexity index is 705. The number of aliphatic carboxylic acids is 1. The summed E-state index contributed by atoms with van der Waals surface area (Å²) >= 11 is 0. The van der Waals surface area contributed by atoms with Crippen molar-refractivity contribution >= 4 is 11.7 Å². The Balaban J connectivity index is 2.48. The van der Waals surface area contributed by atoms with E-state index in [0.717, 1.165) is 0 Å². The second-order valence-electron chi connectivity index (χ2n) is 4.57. The van der Waals surface area contributed by atoms with E-state index in [-0.39, 0.29) is 12.1 Å². The predicted molar refractivity (Wildman–Crippen MR) is 74.9 cm³/mol. The van der Waals surface area contributed by atoms with Crippen LogP contribution in [0.15, 0.2) is 24.3 Å². The van der Waals surface area contributed by atoms with Crippen molar-refractivity contribution in [3.63, 3.8) is 0 Å². The van der Waals surface area contributed by atoms with E-state index in [1.54, 1.807) is 26.0 Å². The lowest BCUT2D eigenvalue weighted by molar-refractivity contribution is -0.384. The van der Waals surface area contributed by atoms with E-state index in [9.17, 15) is 14.9 Å². The van der Waals surface area contributed by atoms with Gasteiger partial charge in [0.1, 0.15) is 0 Å². The minimum absolute atomic E-state index is 0.0407. The van der Waals surface area contributed by atoms with E-state index < -0.39 is 10.9 Å². The fourth-order valence-corrected chi connectivity index (χ4v) is 2.03. The Morgan fingerprint density at radius 1 is 1.29 bits per heavy atom. The summed E-state index contributed by atoms with van der Waals surface area (Å²) in [6.07, 6.45) is -0.146. The summed E-state index contributed by atoms with van der Waals surface area (Å²) in [4.78, 5) is 29.6. The average molecular weight is 287 g/mol. The smallest absolute Gasteiger partial charge is 0.307 e. The maximum Gasteiger partial charge on any atom is 0.307 e. The molecule has 0 fully saturated rings. The first-order valence-corrected chi connectivity index (χ1v) is 6.19. The highest BCUT2D eigenvalue weighted by molar-refractivity contribution is 5.71. The summed E-state index contributed by atoms with van der Waals surface area (Å²) in [5.41, 5.74) is 2.17. The van der Waals surface area contributed by atoms with E-state index in [4.69, 9.17) is 5.11 Å². The molecular weight excluding hydrogens is 274 g/mol. The number of aromatic nitrogens is 2. The molecule has 1 aromatic heterocycles. The topological polar surface area (TPSA) is 106 Å². The highest BCUT2D eigenvalue weighted by Gasteiger charge is 2.14. The van der Waals surface area contributed by atoms with Crippen molar-refractivity contribution in [2.24, 2.45) is 0 Å². The van der Waals surface area contributed by atoms with E-state index in [1.807, 2.05) is 0 Å². The molecule has 7 heteroatoms. The number of carboxylic acid groups (broad SMARTS) is 1. The number of aryl methyl sites for hydroxylation is 2. The lowest BCUT2D eigenvalue weighted by atomic mass is 10.1. The number of carbonyl (C=O) groups is 1. The largest absolute Gasteiger partial charge is 0.481 e. The molecule has 2 rings (SSSR count). The van der Waals surface area contributed by atoms with Crippen molar-refractivity contribution in [2.45, 2.75) is 20.3 Å². The zero-order valence-electron chi connectivity index (χ0n) is 11.5. The van der Waals surface area contributed by atoms with Crippen LogP contribution in [0.5, 0.6) is 0 Å². The quantitative estimate of drug-likeness (QED) is 0.683. The molecule has 0 saturated heterocycles. The molecule has 1 aromatic carbocycles. The molecule has 0 atom stereocenters. The maximum atomic E-state index is 10.8. The number of nitrogens with zero attached hydrogens (tertiary/aromatic N) is 3. The fraction of sp³-hybridized carbons (Fsp3) is 0.214. The van der Waals surface area contributed by atoms with Crippen molar-refractivity contribution in [3.05, 3.63) is 51.3 Å². The minimum Gasteiger partial charge on any atom is -0.481 e. The van der Waals surface area contributed by atoms with Gasteiger partial charge in [-0.15, -0.1) is 0 Å². The van der Waals surface area contributed by atoms with E-state index in [1.165, 1.54) is 12.1 Å². The summed E-state index contributed by atoms with van der Waals surface area (Å²) < 4.78 is 0. The van der Waals surface area contributed by atoms with Crippen LogP contribution in [-0.2, 0) is 11.2 Å². The lowest BCUT2D eigenvalue weighted by Gasteiger charge is -2.09. The monoisotopic (exact) mass is 287 g/mol. The van der Waals surface area contributed by atoms with Gasteiger partial charge in [-0.25, -0.2) is 9.97 Å². The Hall–Kier alpha value is -2.83. The summed E-state index contributed by atoms with van der Waals surface area (Å²) in [6, 6.07) is 6.03. The SMILES string of the molecule is Cc1nc(-c2cccc([N+](=O)[O-])c2)nc(C)c1CC(=O)O. The molecule has 0 saturated carbocycles. The molecule has 2 aromatic rings. The molecule has 0 bridgehead atoms. The van der Waals surface area contributed by atoms with Crippen LogP contribution < -0.4 is 0 Å². The van der Waals surface area contributed by atoms with E-state index >= 15 is 0 Å². The molecule has 1 heterocycles. The van der Waals surface area contributed by atoms with Gasteiger partial charge < -0.3 is 5.11 Å². The van der Waals surface area contributed by atoms with Crippen molar-refractivity contribution in [1.82, 2.24) is 9.97 Å². The van der Waals surface area contributed by atoms with Crippen molar-refractivity contribution in [3.8, 4) is 11.4 Å². The molecule has 108 valence electrons. The molecule has 21 heavy (non-hydrogen) atoms. The van der Waals surface area contributed by atoms with Gasteiger partial charge in [0.2, 0.25) is 0 Å². The number of benzene rings is 1. The molecular formula is C14H13N3O4. The van der Waals surface area contributed by atoms with Crippen molar-refractivity contribution < 1.29 is 14.8 Å². The summed E-state index contributed by atoms with van der Waals surface area (Å²) in [7, 11) is 0. The van der Waals surface area contributed by atoms with Gasteiger partial charge in [-0.1, -0.05) is 12.1 Å².